The maximum Gasteiger partial charge on any atom is 0.317 e. The molecule has 3 unspecified atom stereocenters. The summed E-state index contributed by atoms with van der Waals surface area (Å²) in [5.41, 5.74) is 6.01. The number of hydrogen-bond donors (Lipinski definition) is 3. The van der Waals surface area contributed by atoms with Crippen molar-refractivity contribution < 1.29 is 14.6 Å². The molecule has 1 heterocycles. The summed E-state index contributed by atoms with van der Waals surface area (Å²) in [5, 5.41) is 15.1. The van der Waals surface area contributed by atoms with Gasteiger partial charge in [-0.05, 0) is 50.0 Å². The fourth-order valence-electron chi connectivity index (χ4n) is 5.63. The average Bonchev–Trinajstić information content (AvgIpc) is 3.35. The number of piperidine rings is 1. The Kier molecular flexibility index (Phi) is 9.82. The number of unbranched alkanes of at least 4 members (excludes halogenated alkanes) is 1. The van der Waals surface area contributed by atoms with Gasteiger partial charge in [0, 0.05) is 45.3 Å². The van der Waals surface area contributed by atoms with E-state index in [1.165, 1.54) is 25.7 Å². The number of amides is 2. The highest BCUT2D eigenvalue weighted by molar-refractivity contribution is 5.74. The lowest BCUT2D eigenvalue weighted by Crippen LogP contribution is -2.53. The van der Waals surface area contributed by atoms with Gasteiger partial charge in [-0.3, -0.25) is 0 Å². The van der Waals surface area contributed by atoms with Gasteiger partial charge in [0.1, 0.15) is 0 Å². The van der Waals surface area contributed by atoms with Crippen molar-refractivity contribution in [1.29, 1.82) is 0 Å². The van der Waals surface area contributed by atoms with E-state index in [-0.39, 0.29) is 18.0 Å². The van der Waals surface area contributed by atoms with Crippen LogP contribution in [0, 0.1) is 11.8 Å². The van der Waals surface area contributed by atoms with Crippen molar-refractivity contribution in [2.24, 2.45) is 17.6 Å². The number of urea groups is 1. The van der Waals surface area contributed by atoms with Crippen LogP contribution in [0.25, 0.3) is 0 Å². The zero-order valence-electron chi connectivity index (χ0n) is 19.8. The maximum absolute atomic E-state index is 13.1. The molecule has 1 aliphatic heterocycles. The van der Waals surface area contributed by atoms with Crippen LogP contribution in [-0.2, 0) is 10.3 Å². The Morgan fingerprint density at radius 1 is 1.22 bits per heavy atom. The number of carbonyl (C=O) groups is 1. The van der Waals surface area contributed by atoms with E-state index in [4.69, 9.17) is 10.5 Å². The number of benzene rings is 1. The minimum atomic E-state index is -0.939. The number of hydrogen-bond acceptors (Lipinski definition) is 4. The summed E-state index contributed by atoms with van der Waals surface area (Å²) in [4.78, 5) is 15.0. The summed E-state index contributed by atoms with van der Waals surface area (Å²) in [6.45, 7) is 2.48. The highest BCUT2D eigenvalue weighted by Gasteiger charge is 2.41. The normalized spacial score (nSPS) is 22.5. The number of nitrogens with zero attached hydrogens (tertiary/aromatic N) is 1. The predicted molar refractivity (Wildman–Crippen MR) is 128 cm³/mol. The first-order valence-corrected chi connectivity index (χ1v) is 12.6. The van der Waals surface area contributed by atoms with Gasteiger partial charge < -0.3 is 25.8 Å². The zero-order chi connectivity index (χ0) is 22.8. The van der Waals surface area contributed by atoms with Gasteiger partial charge >= 0.3 is 6.03 Å². The van der Waals surface area contributed by atoms with Gasteiger partial charge in [0.2, 0.25) is 0 Å². The minimum Gasteiger partial charge on any atom is -0.385 e. The van der Waals surface area contributed by atoms with Gasteiger partial charge in [-0.1, -0.05) is 56.0 Å². The second kappa shape index (κ2) is 12.6. The monoisotopic (exact) mass is 445 g/mol. The van der Waals surface area contributed by atoms with Crippen molar-refractivity contribution in [3.05, 3.63) is 35.9 Å². The fourth-order valence-corrected chi connectivity index (χ4v) is 5.63. The molecule has 6 nitrogen and oxygen atoms in total. The van der Waals surface area contributed by atoms with Gasteiger partial charge in [-0.15, -0.1) is 0 Å². The summed E-state index contributed by atoms with van der Waals surface area (Å²) >= 11 is 0. The van der Waals surface area contributed by atoms with E-state index in [1.54, 1.807) is 7.11 Å². The number of nitrogens with two attached hydrogens (primary N) is 1. The molecular formula is C26H43N3O3. The topological polar surface area (TPSA) is 87.8 Å². The lowest BCUT2D eigenvalue weighted by molar-refractivity contribution is -0.0563. The van der Waals surface area contributed by atoms with Crippen molar-refractivity contribution in [3.8, 4) is 0 Å². The largest absolute Gasteiger partial charge is 0.385 e. The highest BCUT2D eigenvalue weighted by Crippen LogP contribution is 2.39. The molecule has 1 saturated heterocycles. The molecule has 3 rings (SSSR count). The fraction of sp³-hybridized carbons (Fsp3) is 0.731. The van der Waals surface area contributed by atoms with Crippen LogP contribution >= 0.6 is 0 Å². The highest BCUT2D eigenvalue weighted by atomic mass is 16.5. The van der Waals surface area contributed by atoms with Gasteiger partial charge in [0.15, 0.2) is 0 Å². The number of likely N-dealkylation sites (tertiary alicyclic amines) is 1. The van der Waals surface area contributed by atoms with Crippen molar-refractivity contribution in [2.45, 2.75) is 75.9 Å². The third-order valence-corrected chi connectivity index (χ3v) is 7.52. The molecule has 1 saturated carbocycles. The number of nitrogens with one attached hydrogen (secondary N) is 1. The minimum absolute atomic E-state index is 0.0121. The molecule has 4 N–H and O–H groups in total. The van der Waals surface area contributed by atoms with Crippen LogP contribution in [-0.4, -0.2) is 55.4 Å². The number of methoxy groups -OCH3 is 1. The molecule has 3 atom stereocenters. The Morgan fingerprint density at radius 3 is 2.66 bits per heavy atom. The number of rotatable bonds is 11. The average molecular weight is 446 g/mol. The molecule has 180 valence electrons. The van der Waals surface area contributed by atoms with E-state index in [2.05, 4.69) is 5.32 Å². The molecule has 0 aromatic heterocycles. The SMILES string of the molecule is COCCCCC(O)(c1ccccc1)C1CCCN(C(=O)NC(CN)CC2CCCC2)C1. The van der Waals surface area contributed by atoms with Gasteiger partial charge in [-0.2, -0.15) is 0 Å². The molecule has 2 aliphatic rings. The molecule has 1 aromatic rings. The number of ether oxygens (including phenoxy) is 1. The van der Waals surface area contributed by atoms with Crippen molar-refractivity contribution in [1.82, 2.24) is 10.2 Å². The summed E-state index contributed by atoms with van der Waals surface area (Å²) < 4.78 is 5.20. The van der Waals surface area contributed by atoms with Gasteiger partial charge in [0.05, 0.1) is 5.60 Å². The van der Waals surface area contributed by atoms with E-state index in [0.29, 0.717) is 32.0 Å². The quantitative estimate of drug-likeness (QED) is 0.449. The number of aliphatic hydroxyl groups is 1. The molecule has 0 spiro atoms. The first kappa shape index (κ1) is 25.0. The van der Waals surface area contributed by atoms with Gasteiger partial charge in [0.25, 0.3) is 0 Å². The number of carbonyl (C=O) groups excluding carboxylic acids is 1. The predicted octanol–water partition coefficient (Wildman–Crippen LogP) is 4.02. The Hall–Kier alpha value is -1.63. The molecule has 1 aromatic carbocycles. The van der Waals surface area contributed by atoms with Crippen LogP contribution in [0.2, 0.25) is 0 Å². The first-order valence-electron chi connectivity index (χ1n) is 12.6. The third-order valence-electron chi connectivity index (χ3n) is 7.52. The van der Waals surface area contributed by atoms with Gasteiger partial charge in [-0.25, -0.2) is 4.79 Å². The van der Waals surface area contributed by atoms with E-state index >= 15 is 0 Å². The lowest BCUT2D eigenvalue weighted by Gasteiger charge is -2.43. The van der Waals surface area contributed by atoms with E-state index in [0.717, 1.165) is 44.2 Å². The summed E-state index contributed by atoms with van der Waals surface area (Å²) in [7, 11) is 1.71. The second-order valence-corrected chi connectivity index (χ2v) is 9.79. The van der Waals surface area contributed by atoms with E-state index in [9.17, 15) is 9.90 Å². The summed E-state index contributed by atoms with van der Waals surface area (Å²) in [6, 6.07) is 9.98. The third kappa shape index (κ3) is 6.69. The molecule has 6 heteroatoms. The summed E-state index contributed by atoms with van der Waals surface area (Å²) in [5.74, 6) is 0.700. The molecule has 1 aliphatic carbocycles. The van der Waals surface area contributed by atoms with Crippen LogP contribution in [0.1, 0.15) is 69.8 Å². The molecule has 2 amide bonds. The first-order chi connectivity index (χ1) is 15.6. The smallest absolute Gasteiger partial charge is 0.317 e. The van der Waals surface area contributed by atoms with Crippen LogP contribution in [0.5, 0.6) is 0 Å². The maximum atomic E-state index is 13.1. The Morgan fingerprint density at radius 2 is 1.97 bits per heavy atom. The van der Waals surface area contributed by atoms with Crippen molar-refractivity contribution >= 4 is 6.03 Å². The standard InChI is InChI=1S/C26H43N3O3/c1-32-17-8-7-15-26(31,22-12-3-2-4-13-22)23-14-9-16-29(20-23)25(30)28-24(19-27)18-21-10-5-6-11-21/h2-4,12-13,21,23-24,31H,5-11,14-20,27H2,1H3,(H,28,30). The van der Waals surface area contributed by atoms with E-state index < -0.39 is 5.60 Å². The van der Waals surface area contributed by atoms with Crippen molar-refractivity contribution in [2.75, 3.05) is 33.4 Å². The van der Waals surface area contributed by atoms with Crippen LogP contribution in [0.4, 0.5) is 4.79 Å². The van der Waals surface area contributed by atoms with Crippen LogP contribution in [0.15, 0.2) is 30.3 Å². The van der Waals surface area contributed by atoms with Crippen molar-refractivity contribution in [3.63, 3.8) is 0 Å². The molecular weight excluding hydrogens is 402 g/mol. The summed E-state index contributed by atoms with van der Waals surface area (Å²) in [6.07, 6.45) is 10.4. The lowest BCUT2D eigenvalue weighted by atomic mass is 9.74. The zero-order valence-corrected chi connectivity index (χ0v) is 19.8. The Bertz CT molecular complexity index is 680. The molecule has 0 radical (unpaired) electrons. The molecule has 2 fully saturated rings. The Labute approximate surface area is 193 Å². The molecule has 0 bridgehead atoms. The second-order valence-electron chi connectivity index (χ2n) is 9.79. The van der Waals surface area contributed by atoms with Crippen LogP contribution in [0.3, 0.4) is 0 Å². The van der Waals surface area contributed by atoms with E-state index in [1.807, 2.05) is 35.2 Å². The van der Waals surface area contributed by atoms with Crippen LogP contribution < -0.4 is 11.1 Å². The molecule has 32 heavy (non-hydrogen) atoms. The Balaban J connectivity index is 1.64.